The van der Waals surface area contributed by atoms with E-state index >= 15 is 0 Å². The number of amides is 1. The summed E-state index contributed by atoms with van der Waals surface area (Å²) in [5, 5.41) is 2.74. The number of pyridine rings is 1. The summed E-state index contributed by atoms with van der Waals surface area (Å²) in [7, 11) is 1.60. The molecule has 0 fully saturated rings. The van der Waals surface area contributed by atoms with Gasteiger partial charge in [0, 0.05) is 19.9 Å². The molecule has 5 nitrogen and oxygen atoms in total. The average Bonchev–Trinajstić information content (AvgIpc) is 2.73. The molecule has 84 valence electrons. The van der Waals surface area contributed by atoms with Crippen molar-refractivity contribution in [3.63, 3.8) is 0 Å². The lowest BCUT2D eigenvalue weighted by atomic mass is 10.3. The number of nitrogens with one attached hydrogen (secondary N) is 2. The largest absolute Gasteiger partial charge is 0.383 e. The number of aromatic nitrogens is 2. The van der Waals surface area contributed by atoms with E-state index in [9.17, 15) is 4.79 Å². The van der Waals surface area contributed by atoms with Crippen LogP contribution in [-0.4, -0.2) is 36.1 Å². The van der Waals surface area contributed by atoms with Crippen LogP contribution in [0.25, 0.3) is 11.0 Å². The van der Waals surface area contributed by atoms with Crippen LogP contribution in [-0.2, 0) is 4.74 Å². The van der Waals surface area contributed by atoms with E-state index in [-0.39, 0.29) is 5.91 Å². The first-order valence-corrected chi connectivity index (χ1v) is 5.02. The molecule has 16 heavy (non-hydrogen) atoms. The Bertz CT molecular complexity index is 460. The topological polar surface area (TPSA) is 67.0 Å². The minimum Gasteiger partial charge on any atom is -0.383 e. The second kappa shape index (κ2) is 4.76. The molecule has 0 saturated heterocycles. The number of hydrogen-bond donors (Lipinski definition) is 2. The summed E-state index contributed by atoms with van der Waals surface area (Å²) < 4.78 is 4.85. The Labute approximate surface area is 92.8 Å². The van der Waals surface area contributed by atoms with Crippen molar-refractivity contribution in [2.24, 2.45) is 0 Å². The fraction of sp³-hybridized carbons (Fsp3) is 0.273. The second-order valence-electron chi connectivity index (χ2n) is 3.37. The molecule has 2 aromatic heterocycles. The summed E-state index contributed by atoms with van der Waals surface area (Å²) in [6.07, 6.45) is 1.70. The van der Waals surface area contributed by atoms with Gasteiger partial charge in [-0.05, 0) is 18.2 Å². The van der Waals surface area contributed by atoms with Crippen LogP contribution in [0.5, 0.6) is 0 Å². The van der Waals surface area contributed by atoms with Crippen LogP contribution in [0.15, 0.2) is 24.4 Å². The normalized spacial score (nSPS) is 10.6. The van der Waals surface area contributed by atoms with E-state index in [1.54, 1.807) is 19.4 Å². The highest BCUT2D eigenvalue weighted by Crippen LogP contribution is 2.11. The molecule has 5 heteroatoms. The highest BCUT2D eigenvalue weighted by molar-refractivity contribution is 5.96. The van der Waals surface area contributed by atoms with Gasteiger partial charge in [-0.2, -0.15) is 0 Å². The third-order valence-electron chi connectivity index (χ3n) is 2.23. The number of aromatic amines is 1. The molecule has 0 spiro atoms. The first-order chi connectivity index (χ1) is 7.81. The van der Waals surface area contributed by atoms with Crippen LogP contribution in [0.4, 0.5) is 0 Å². The second-order valence-corrected chi connectivity index (χ2v) is 3.37. The first kappa shape index (κ1) is 10.6. The van der Waals surface area contributed by atoms with Crippen molar-refractivity contribution in [3.8, 4) is 0 Å². The van der Waals surface area contributed by atoms with E-state index < -0.39 is 0 Å². The molecular weight excluding hydrogens is 206 g/mol. The molecule has 2 heterocycles. The maximum absolute atomic E-state index is 11.7. The van der Waals surface area contributed by atoms with Gasteiger partial charge in [-0.1, -0.05) is 0 Å². The van der Waals surface area contributed by atoms with Crippen LogP contribution < -0.4 is 5.32 Å². The van der Waals surface area contributed by atoms with Crippen molar-refractivity contribution < 1.29 is 9.53 Å². The molecule has 0 bridgehead atoms. The van der Waals surface area contributed by atoms with Gasteiger partial charge in [0.1, 0.15) is 5.69 Å². The van der Waals surface area contributed by atoms with Crippen molar-refractivity contribution in [1.82, 2.24) is 15.3 Å². The molecule has 0 unspecified atom stereocenters. The fourth-order valence-corrected chi connectivity index (χ4v) is 1.44. The van der Waals surface area contributed by atoms with E-state index in [2.05, 4.69) is 15.3 Å². The zero-order valence-electron chi connectivity index (χ0n) is 8.99. The van der Waals surface area contributed by atoms with Gasteiger partial charge < -0.3 is 15.0 Å². The zero-order valence-corrected chi connectivity index (χ0v) is 8.99. The van der Waals surface area contributed by atoms with Gasteiger partial charge in [0.25, 0.3) is 5.91 Å². The van der Waals surface area contributed by atoms with E-state index in [4.69, 9.17) is 4.74 Å². The lowest BCUT2D eigenvalue weighted by molar-refractivity contribution is 0.0933. The number of rotatable bonds is 4. The maximum atomic E-state index is 11.7. The molecule has 0 aliphatic heterocycles. The fourth-order valence-electron chi connectivity index (χ4n) is 1.44. The molecule has 0 saturated carbocycles. The lowest BCUT2D eigenvalue weighted by Crippen LogP contribution is -2.27. The summed E-state index contributed by atoms with van der Waals surface area (Å²) in [6, 6.07) is 5.44. The van der Waals surface area contributed by atoms with E-state index in [1.807, 2.05) is 12.1 Å². The Morgan fingerprint density at radius 3 is 3.25 bits per heavy atom. The van der Waals surface area contributed by atoms with Gasteiger partial charge in [-0.15, -0.1) is 0 Å². The Morgan fingerprint density at radius 2 is 2.50 bits per heavy atom. The molecule has 1 amide bonds. The molecule has 0 aliphatic rings. The third-order valence-corrected chi connectivity index (χ3v) is 2.23. The molecule has 0 aromatic carbocycles. The van der Waals surface area contributed by atoms with Crippen LogP contribution in [0, 0.1) is 0 Å². The SMILES string of the molecule is COCCNC(=O)c1cc2ncccc2[nH]1. The Kier molecular flexibility index (Phi) is 3.16. The van der Waals surface area contributed by atoms with Gasteiger partial charge in [-0.3, -0.25) is 9.78 Å². The quantitative estimate of drug-likeness (QED) is 0.752. The summed E-state index contributed by atoms with van der Waals surface area (Å²) in [4.78, 5) is 18.8. The van der Waals surface area contributed by atoms with E-state index in [0.29, 0.717) is 18.8 Å². The molecule has 2 N–H and O–H groups in total. The van der Waals surface area contributed by atoms with E-state index in [1.165, 1.54) is 0 Å². The predicted molar refractivity (Wildman–Crippen MR) is 60.3 cm³/mol. The van der Waals surface area contributed by atoms with Crippen molar-refractivity contribution in [2.45, 2.75) is 0 Å². The van der Waals surface area contributed by atoms with Crippen LogP contribution in [0.2, 0.25) is 0 Å². The van der Waals surface area contributed by atoms with E-state index in [0.717, 1.165) is 11.0 Å². The van der Waals surface area contributed by atoms with Crippen molar-refractivity contribution in [3.05, 3.63) is 30.1 Å². The number of nitrogens with zero attached hydrogens (tertiary/aromatic N) is 1. The summed E-state index contributed by atoms with van der Waals surface area (Å²) in [5.74, 6) is -0.143. The minimum absolute atomic E-state index is 0.143. The van der Waals surface area contributed by atoms with Crippen LogP contribution in [0.3, 0.4) is 0 Å². The van der Waals surface area contributed by atoms with Crippen molar-refractivity contribution in [2.75, 3.05) is 20.3 Å². The van der Waals surface area contributed by atoms with Crippen LogP contribution in [0.1, 0.15) is 10.5 Å². The molecule has 0 radical (unpaired) electrons. The smallest absolute Gasteiger partial charge is 0.267 e. The highest BCUT2D eigenvalue weighted by Gasteiger charge is 2.08. The van der Waals surface area contributed by atoms with Gasteiger partial charge in [-0.25, -0.2) is 0 Å². The van der Waals surface area contributed by atoms with Gasteiger partial charge in [0.2, 0.25) is 0 Å². The predicted octanol–water partition coefficient (Wildman–Crippen LogP) is 0.939. The van der Waals surface area contributed by atoms with Gasteiger partial charge >= 0.3 is 0 Å². The standard InChI is InChI=1S/C11H13N3O2/c1-16-6-5-13-11(15)10-7-9-8(14-10)3-2-4-12-9/h2-4,7,14H,5-6H2,1H3,(H,13,15). The monoisotopic (exact) mass is 219 g/mol. The summed E-state index contributed by atoms with van der Waals surface area (Å²) in [6.45, 7) is 1.00. The molecule has 2 aromatic rings. The summed E-state index contributed by atoms with van der Waals surface area (Å²) >= 11 is 0. The van der Waals surface area contributed by atoms with Crippen LogP contribution >= 0.6 is 0 Å². The number of carbonyl (C=O) groups is 1. The minimum atomic E-state index is -0.143. The number of fused-ring (bicyclic) bond motifs is 1. The van der Waals surface area contributed by atoms with Crippen molar-refractivity contribution >= 4 is 16.9 Å². The Hall–Kier alpha value is -1.88. The number of carbonyl (C=O) groups excluding carboxylic acids is 1. The first-order valence-electron chi connectivity index (χ1n) is 5.02. The molecular formula is C11H13N3O2. The highest BCUT2D eigenvalue weighted by atomic mass is 16.5. The Balaban J connectivity index is 2.11. The molecule has 0 aliphatic carbocycles. The third kappa shape index (κ3) is 2.20. The van der Waals surface area contributed by atoms with Crippen molar-refractivity contribution in [1.29, 1.82) is 0 Å². The van der Waals surface area contributed by atoms with Gasteiger partial charge in [0.15, 0.2) is 0 Å². The number of methoxy groups -OCH3 is 1. The number of hydrogen-bond acceptors (Lipinski definition) is 3. The Morgan fingerprint density at radius 1 is 1.62 bits per heavy atom. The van der Waals surface area contributed by atoms with Gasteiger partial charge in [0.05, 0.1) is 17.6 Å². The number of H-pyrrole nitrogens is 1. The number of ether oxygens (including phenoxy) is 1. The molecule has 2 rings (SSSR count). The summed E-state index contributed by atoms with van der Waals surface area (Å²) in [5.41, 5.74) is 2.17. The zero-order chi connectivity index (χ0) is 11.4. The molecule has 0 atom stereocenters. The average molecular weight is 219 g/mol. The maximum Gasteiger partial charge on any atom is 0.267 e. The lowest BCUT2D eigenvalue weighted by Gasteiger charge is -2.01.